The number of hydrogen-bond acceptors (Lipinski definition) is 5. The molecule has 0 saturated carbocycles. The zero-order valence-corrected chi connectivity index (χ0v) is 16.6. The third-order valence-corrected chi connectivity index (χ3v) is 5.80. The number of aliphatic hydroxyl groups is 1. The number of aromatic nitrogens is 2. The van der Waals surface area contributed by atoms with E-state index in [1.807, 2.05) is 13.0 Å². The van der Waals surface area contributed by atoms with Gasteiger partial charge in [0.1, 0.15) is 0 Å². The van der Waals surface area contributed by atoms with Crippen LogP contribution in [0.25, 0.3) is 5.57 Å². The maximum atomic E-state index is 10.5. The lowest BCUT2D eigenvalue weighted by atomic mass is 9.93. The molecule has 1 saturated heterocycles. The summed E-state index contributed by atoms with van der Waals surface area (Å²) in [6.45, 7) is 9.09. The van der Waals surface area contributed by atoms with E-state index in [4.69, 9.17) is 4.98 Å². The van der Waals surface area contributed by atoms with Crippen LogP contribution in [0.5, 0.6) is 0 Å². The van der Waals surface area contributed by atoms with E-state index in [-0.39, 0.29) is 0 Å². The molecule has 1 aromatic heterocycles. The van der Waals surface area contributed by atoms with E-state index < -0.39 is 6.10 Å². The van der Waals surface area contributed by atoms with Crippen LogP contribution in [0.4, 0.5) is 5.95 Å². The van der Waals surface area contributed by atoms with Crippen molar-refractivity contribution in [3.8, 4) is 0 Å². The largest absolute Gasteiger partial charge is 0.387 e. The van der Waals surface area contributed by atoms with Crippen molar-refractivity contribution >= 4 is 17.2 Å². The zero-order chi connectivity index (χ0) is 19.0. The van der Waals surface area contributed by atoms with Gasteiger partial charge in [-0.3, -0.25) is 4.99 Å². The second-order valence-corrected chi connectivity index (χ2v) is 8.22. The minimum absolute atomic E-state index is 0.440. The van der Waals surface area contributed by atoms with Gasteiger partial charge in [-0.2, -0.15) is 0 Å². The molecule has 0 radical (unpaired) electrons. The number of anilines is 1. The minimum atomic E-state index is -0.509. The molecule has 6 nitrogen and oxygen atoms in total. The summed E-state index contributed by atoms with van der Waals surface area (Å²) in [4.78, 5) is 9.63. The molecule has 2 aliphatic heterocycles. The number of piperidine rings is 1. The molecule has 4 rings (SSSR count). The summed E-state index contributed by atoms with van der Waals surface area (Å²) in [6, 6.07) is 0.440. The second-order valence-electron chi connectivity index (χ2n) is 8.22. The Morgan fingerprint density at radius 2 is 2.07 bits per heavy atom. The first-order valence-electron chi connectivity index (χ1n) is 10.2. The first-order valence-corrected chi connectivity index (χ1v) is 10.2. The van der Waals surface area contributed by atoms with Gasteiger partial charge in [0.05, 0.1) is 29.7 Å². The molecule has 27 heavy (non-hydrogen) atoms. The number of hydrogen-bond donors (Lipinski definition) is 3. The van der Waals surface area contributed by atoms with Crippen LogP contribution in [0.1, 0.15) is 51.4 Å². The summed E-state index contributed by atoms with van der Waals surface area (Å²) in [6.07, 6.45) is 7.64. The van der Waals surface area contributed by atoms with Crippen molar-refractivity contribution in [3.63, 3.8) is 0 Å². The molecule has 0 amide bonds. The molecular formula is C21H31N5O. The highest BCUT2D eigenvalue weighted by Crippen LogP contribution is 2.32. The van der Waals surface area contributed by atoms with Crippen LogP contribution >= 0.6 is 0 Å². The molecule has 0 bridgehead atoms. The standard InChI is InChI=1S/C21H31N5O/c1-13-10-14(2)20-17(11-13)25-21(24-16-6-8-22-9-7-16)26(20)12-18-19(27)5-4-15(3)23-18/h4,10,13,16,19,22,27H,5-9,11-12H2,1-3H3,(H,24,25). The van der Waals surface area contributed by atoms with Gasteiger partial charge in [0.2, 0.25) is 5.95 Å². The van der Waals surface area contributed by atoms with Crippen LogP contribution in [0.15, 0.2) is 22.8 Å². The third kappa shape index (κ3) is 3.87. The van der Waals surface area contributed by atoms with Gasteiger partial charge in [0, 0.05) is 11.7 Å². The fourth-order valence-corrected chi connectivity index (χ4v) is 4.44. The summed E-state index contributed by atoms with van der Waals surface area (Å²) in [5.74, 6) is 1.44. The lowest BCUT2D eigenvalue weighted by Crippen LogP contribution is -2.36. The molecule has 1 aromatic rings. The van der Waals surface area contributed by atoms with Crippen molar-refractivity contribution in [2.75, 3.05) is 18.4 Å². The van der Waals surface area contributed by atoms with E-state index in [1.54, 1.807) is 0 Å². The van der Waals surface area contributed by atoms with E-state index in [1.165, 1.54) is 11.3 Å². The van der Waals surface area contributed by atoms with Crippen LogP contribution in [0, 0.1) is 5.92 Å². The maximum Gasteiger partial charge on any atom is 0.204 e. The molecule has 0 aromatic carbocycles. The van der Waals surface area contributed by atoms with E-state index in [9.17, 15) is 5.11 Å². The second kappa shape index (κ2) is 7.60. The van der Waals surface area contributed by atoms with Crippen molar-refractivity contribution in [1.82, 2.24) is 14.9 Å². The number of aliphatic hydroxyl groups excluding tert-OH is 1. The number of rotatable bonds is 4. The Bertz CT molecular complexity index is 798. The molecule has 146 valence electrons. The van der Waals surface area contributed by atoms with Crippen LogP contribution in [-0.2, 0) is 13.0 Å². The van der Waals surface area contributed by atoms with Crippen molar-refractivity contribution in [2.24, 2.45) is 10.9 Å². The minimum Gasteiger partial charge on any atom is -0.387 e. The van der Waals surface area contributed by atoms with Gasteiger partial charge in [0.25, 0.3) is 0 Å². The Morgan fingerprint density at radius 3 is 2.85 bits per heavy atom. The van der Waals surface area contributed by atoms with Crippen molar-refractivity contribution in [3.05, 3.63) is 29.2 Å². The normalized spacial score (nSPS) is 26.1. The predicted molar refractivity (Wildman–Crippen MR) is 110 cm³/mol. The highest BCUT2D eigenvalue weighted by molar-refractivity contribution is 5.91. The van der Waals surface area contributed by atoms with Gasteiger partial charge in [-0.05, 0) is 64.1 Å². The molecule has 2 atom stereocenters. The van der Waals surface area contributed by atoms with Gasteiger partial charge < -0.3 is 20.3 Å². The topological polar surface area (TPSA) is 74.5 Å². The molecular weight excluding hydrogens is 338 g/mol. The average Bonchev–Trinajstić information content (AvgIpc) is 2.96. The third-order valence-electron chi connectivity index (χ3n) is 5.80. The summed E-state index contributed by atoms with van der Waals surface area (Å²) < 4.78 is 2.25. The van der Waals surface area contributed by atoms with Gasteiger partial charge in [-0.1, -0.05) is 19.1 Å². The van der Waals surface area contributed by atoms with Gasteiger partial charge >= 0.3 is 0 Å². The number of nitrogens with one attached hydrogen (secondary N) is 2. The quantitative estimate of drug-likeness (QED) is 0.763. The summed E-state index contributed by atoms with van der Waals surface area (Å²) in [5, 5.41) is 17.6. The van der Waals surface area contributed by atoms with E-state index in [2.05, 4.69) is 40.1 Å². The van der Waals surface area contributed by atoms with Crippen molar-refractivity contribution in [2.45, 2.75) is 65.1 Å². The van der Waals surface area contributed by atoms with Gasteiger partial charge in [-0.15, -0.1) is 0 Å². The van der Waals surface area contributed by atoms with Crippen LogP contribution < -0.4 is 10.6 Å². The van der Waals surface area contributed by atoms with E-state index in [0.29, 0.717) is 24.9 Å². The molecule has 3 N–H and O–H groups in total. The summed E-state index contributed by atoms with van der Waals surface area (Å²) in [7, 11) is 0. The Hall–Kier alpha value is -1.92. The number of allylic oxidation sites excluding steroid dienone is 3. The Morgan fingerprint density at radius 1 is 1.30 bits per heavy atom. The van der Waals surface area contributed by atoms with Crippen molar-refractivity contribution in [1.29, 1.82) is 0 Å². The van der Waals surface area contributed by atoms with E-state index in [0.717, 1.165) is 55.4 Å². The predicted octanol–water partition coefficient (Wildman–Crippen LogP) is 2.75. The molecule has 3 aliphatic rings. The number of fused-ring (bicyclic) bond motifs is 1. The molecule has 1 aliphatic carbocycles. The monoisotopic (exact) mass is 369 g/mol. The zero-order valence-electron chi connectivity index (χ0n) is 16.6. The summed E-state index contributed by atoms with van der Waals surface area (Å²) >= 11 is 0. The lowest BCUT2D eigenvalue weighted by molar-refractivity contribution is 0.239. The van der Waals surface area contributed by atoms with Crippen molar-refractivity contribution < 1.29 is 5.11 Å². The summed E-state index contributed by atoms with van der Waals surface area (Å²) in [5.41, 5.74) is 5.45. The fraction of sp³-hybridized carbons (Fsp3) is 0.619. The highest BCUT2D eigenvalue weighted by Gasteiger charge is 2.27. The Balaban J connectivity index is 1.69. The molecule has 2 unspecified atom stereocenters. The molecule has 6 heteroatoms. The molecule has 3 heterocycles. The van der Waals surface area contributed by atoms with Crippen LogP contribution in [0.3, 0.4) is 0 Å². The fourth-order valence-electron chi connectivity index (χ4n) is 4.44. The van der Waals surface area contributed by atoms with Crippen LogP contribution in [-0.4, -0.2) is 45.6 Å². The molecule has 0 spiro atoms. The maximum absolute atomic E-state index is 10.5. The van der Waals surface area contributed by atoms with Gasteiger partial charge in [-0.25, -0.2) is 4.98 Å². The average molecular weight is 370 g/mol. The van der Waals surface area contributed by atoms with Crippen LogP contribution in [0.2, 0.25) is 0 Å². The number of nitrogens with zero attached hydrogens (tertiary/aromatic N) is 3. The smallest absolute Gasteiger partial charge is 0.204 e. The molecule has 1 fully saturated rings. The Labute approximate surface area is 161 Å². The number of aliphatic imine (C=N–C) groups is 1. The lowest BCUT2D eigenvalue weighted by Gasteiger charge is -2.26. The number of imidazole rings is 1. The van der Waals surface area contributed by atoms with Gasteiger partial charge in [0.15, 0.2) is 0 Å². The van der Waals surface area contributed by atoms with E-state index >= 15 is 0 Å². The highest BCUT2D eigenvalue weighted by atomic mass is 16.3. The SMILES string of the molecule is CC1=CCC(O)C(Cn2c(NC3CCNCC3)nc3c2C(C)=CC(C)C3)=N1. The first kappa shape index (κ1) is 18.4. The Kier molecular flexibility index (Phi) is 5.19. The first-order chi connectivity index (χ1) is 13.0.